The molecule has 3 aromatic rings. The molecule has 1 amide bonds. The van der Waals surface area contributed by atoms with Gasteiger partial charge in [-0.1, -0.05) is 36.4 Å². The number of hydrogen-bond acceptors (Lipinski definition) is 4. The van der Waals surface area contributed by atoms with Crippen LogP contribution in [0.5, 0.6) is 0 Å². The third-order valence-corrected chi connectivity index (χ3v) is 7.03. The smallest absolute Gasteiger partial charge is 0.239 e. The molecular formula is C24H23FN2O3S. The molecule has 160 valence electrons. The van der Waals surface area contributed by atoms with E-state index >= 15 is 0 Å². The molecule has 1 aliphatic carbocycles. The number of hydrogen-bond donors (Lipinski definition) is 0. The summed E-state index contributed by atoms with van der Waals surface area (Å²) in [6, 6.07) is 19.5. The van der Waals surface area contributed by atoms with Gasteiger partial charge in [0.2, 0.25) is 5.91 Å². The van der Waals surface area contributed by atoms with E-state index in [0.717, 1.165) is 30.5 Å². The van der Waals surface area contributed by atoms with Crippen LogP contribution in [0.15, 0.2) is 83.9 Å². The highest BCUT2D eigenvalue weighted by atomic mass is 32.2. The Morgan fingerprint density at radius 2 is 1.68 bits per heavy atom. The van der Waals surface area contributed by atoms with Crippen LogP contribution in [0.25, 0.3) is 0 Å². The highest BCUT2D eigenvalue weighted by molar-refractivity contribution is 7.92. The second-order valence-corrected chi connectivity index (χ2v) is 9.74. The summed E-state index contributed by atoms with van der Waals surface area (Å²) in [5, 5.41) is 0. The monoisotopic (exact) mass is 438 g/mol. The number of halogens is 1. The summed E-state index contributed by atoms with van der Waals surface area (Å²) >= 11 is 0. The largest absolute Gasteiger partial charge is 0.329 e. The zero-order valence-corrected chi connectivity index (χ0v) is 17.7. The van der Waals surface area contributed by atoms with Gasteiger partial charge in [-0.3, -0.25) is 9.78 Å². The number of sulfone groups is 1. The van der Waals surface area contributed by atoms with E-state index in [1.165, 1.54) is 12.1 Å². The van der Waals surface area contributed by atoms with Crippen molar-refractivity contribution < 1.29 is 17.6 Å². The van der Waals surface area contributed by atoms with Crippen LogP contribution in [0.3, 0.4) is 0 Å². The molecule has 7 heteroatoms. The van der Waals surface area contributed by atoms with Gasteiger partial charge in [-0.05, 0) is 60.7 Å². The van der Waals surface area contributed by atoms with Gasteiger partial charge in [0.1, 0.15) is 11.6 Å². The second-order valence-electron chi connectivity index (χ2n) is 7.75. The third kappa shape index (κ3) is 5.17. The molecule has 1 saturated carbocycles. The van der Waals surface area contributed by atoms with Gasteiger partial charge in [-0.25, -0.2) is 12.8 Å². The lowest BCUT2D eigenvalue weighted by Gasteiger charge is -2.32. The van der Waals surface area contributed by atoms with Crippen molar-refractivity contribution in [1.82, 2.24) is 9.88 Å². The molecule has 0 spiro atoms. The SMILES string of the molecule is O=C(CS(=O)(=O)c1ccc(F)cc1)N(Cc1ccccn1)C(c1ccccc1)C1CC1. The summed E-state index contributed by atoms with van der Waals surface area (Å²) in [5.41, 5.74) is 1.67. The molecule has 31 heavy (non-hydrogen) atoms. The number of carbonyl (C=O) groups is 1. The van der Waals surface area contributed by atoms with Gasteiger partial charge >= 0.3 is 0 Å². The predicted molar refractivity (Wildman–Crippen MR) is 115 cm³/mol. The van der Waals surface area contributed by atoms with E-state index in [0.29, 0.717) is 5.69 Å². The van der Waals surface area contributed by atoms with E-state index in [4.69, 9.17) is 0 Å². The quantitative estimate of drug-likeness (QED) is 0.495. The highest BCUT2D eigenvalue weighted by Crippen LogP contribution is 2.45. The highest BCUT2D eigenvalue weighted by Gasteiger charge is 2.39. The molecule has 2 aromatic carbocycles. The Balaban J connectivity index is 1.66. The van der Waals surface area contributed by atoms with Gasteiger partial charge in [-0.2, -0.15) is 0 Å². The van der Waals surface area contributed by atoms with E-state index < -0.39 is 27.3 Å². The van der Waals surface area contributed by atoms with Crippen LogP contribution in [-0.4, -0.2) is 30.0 Å². The summed E-state index contributed by atoms with van der Waals surface area (Å²) in [4.78, 5) is 19.3. The fraction of sp³-hybridized carbons (Fsp3) is 0.250. The van der Waals surface area contributed by atoms with Crippen molar-refractivity contribution in [2.45, 2.75) is 30.3 Å². The van der Waals surface area contributed by atoms with Crippen molar-refractivity contribution in [2.75, 3.05) is 5.75 Å². The van der Waals surface area contributed by atoms with Crippen LogP contribution in [0.1, 0.15) is 30.1 Å². The molecular weight excluding hydrogens is 415 g/mol. The molecule has 1 heterocycles. The van der Waals surface area contributed by atoms with Gasteiger partial charge in [0.05, 0.1) is 23.2 Å². The van der Waals surface area contributed by atoms with E-state index in [-0.39, 0.29) is 23.4 Å². The lowest BCUT2D eigenvalue weighted by molar-refractivity contribution is -0.132. The normalized spacial score (nSPS) is 14.7. The van der Waals surface area contributed by atoms with Crippen molar-refractivity contribution in [2.24, 2.45) is 5.92 Å². The van der Waals surface area contributed by atoms with E-state index in [9.17, 15) is 17.6 Å². The first-order chi connectivity index (χ1) is 14.9. The molecule has 0 radical (unpaired) electrons. The van der Waals surface area contributed by atoms with Gasteiger partial charge in [0, 0.05) is 6.20 Å². The molecule has 0 aliphatic heterocycles. The molecule has 0 bridgehead atoms. The molecule has 1 aliphatic rings. The minimum atomic E-state index is -3.91. The maximum Gasteiger partial charge on any atom is 0.239 e. The molecule has 1 aromatic heterocycles. The molecule has 0 N–H and O–H groups in total. The Bertz CT molecular complexity index is 1130. The lowest BCUT2D eigenvalue weighted by atomic mass is 10.00. The number of carbonyl (C=O) groups excluding carboxylic acids is 1. The number of benzene rings is 2. The van der Waals surface area contributed by atoms with Crippen molar-refractivity contribution >= 4 is 15.7 Å². The molecule has 5 nitrogen and oxygen atoms in total. The number of nitrogens with zero attached hydrogens (tertiary/aromatic N) is 2. The standard InChI is InChI=1S/C24H23FN2O3S/c25-20-11-13-22(14-12-20)31(29,30)17-23(28)27(16-21-8-4-5-15-26-21)24(19-9-10-19)18-6-2-1-3-7-18/h1-8,11-15,19,24H,9-10,16-17H2. The van der Waals surface area contributed by atoms with Crippen molar-refractivity contribution in [1.29, 1.82) is 0 Å². The maximum atomic E-state index is 13.4. The molecule has 1 atom stereocenters. The number of aromatic nitrogens is 1. The van der Waals surface area contributed by atoms with Gasteiger partial charge < -0.3 is 4.90 Å². The second kappa shape index (κ2) is 8.98. The molecule has 0 saturated heterocycles. The third-order valence-electron chi connectivity index (χ3n) is 5.41. The summed E-state index contributed by atoms with van der Waals surface area (Å²) in [6.45, 7) is 0.217. The average molecular weight is 439 g/mol. The van der Waals surface area contributed by atoms with Crippen LogP contribution in [0.4, 0.5) is 4.39 Å². The maximum absolute atomic E-state index is 13.4. The summed E-state index contributed by atoms with van der Waals surface area (Å²) in [7, 11) is -3.91. The molecule has 1 fully saturated rings. The minimum Gasteiger partial charge on any atom is -0.329 e. The average Bonchev–Trinajstić information content (AvgIpc) is 3.60. The Morgan fingerprint density at radius 3 is 2.29 bits per heavy atom. The first-order valence-electron chi connectivity index (χ1n) is 10.2. The Hall–Kier alpha value is -3.06. The van der Waals surface area contributed by atoms with Crippen LogP contribution in [-0.2, 0) is 21.2 Å². The summed E-state index contributed by atoms with van der Waals surface area (Å²) in [6.07, 6.45) is 3.62. The first kappa shape index (κ1) is 21.2. The predicted octanol–water partition coefficient (Wildman–Crippen LogP) is 4.17. The minimum absolute atomic E-state index is 0.0669. The van der Waals surface area contributed by atoms with E-state index in [1.54, 1.807) is 17.2 Å². The number of rotatable bonds is 8. The number of amides is 1. The summed E-state index contributed by atoms with van der Waals surface area (Å²) < 4.78 is 39.0. The fourth-order valence-electron chi connectivity index (χ4n) is 3.75. The zero-order valence-electron chi connectivity index (χ0n) is 16.9. The van der Waals surface area contributed by atoms with Crippen LogP contribution in [0.2, 0.25) is 0 Å². The van der Waals surface area contributed by atoms with Crippen LogP contribution >= 0.6 is 0 Å². The van der Waals surface area contributed by atoms with E-state index in [2.05, 4.69) is 4.98 Å². The first-order valence-corrected chi connectivity index (χ1v) is 11.8. The lowest BCUT2D eigenvalue weighted by Crippen LogP contribution is -2.39. The fourth-order valence-corrected chi connectivity index (χ4v) is 4.96. The van der Waals surface area contributed by atoms with Gasteiger partial charge in [0.15, 0.2) is 9.84 Å². The van der Waals surface area contributed by atoms with Crippen molar-refractivity contribution in [3.63, 3.8) is 0 Å². The molecule has 4 rings (SSSR count). The molecule has 1 unspecified atom stereocenters. The van der Waals surface area contributed by atoms with Crippen molar-refractivity contribution in [3.8, 4) is 0 Å². The Labute approximate surface area is 181 Å². The number of pyridine rings is 1. The topological polar surface area (TPSA) is 67.3 Å². The van der Waals surface area contributed by atoms with Crippen LogP contribution < -0.4 is 0 Å². The van der Waals surface area contributed by atoms with E-state index in [1.807, 2.05) is 42.5 Å². The summed E-state index contributed by atoms with van der Waals surface area (Å²) in [5.74, 6) is -1.42. The van der Waals surface area contributed by atoms with Gasteiger partial charge in [0.25, 0.3) is 0 Å². The van der Waals surface area contributed by atoms with Crippen LogP contribution in [0, 0.1) is 11.7 Å². The Kier molecular flexibility index (Phi) is 6.13. The zero-order chi connectivity index (χ0) is 21.8. The van der Waals surface area contributed by atoms with Crippen molar-refractivity contribution in [3.05, 3.63) is 96.1 Å². The Morgan fingerprint density at radius 1 is 1.00 bits per heavy atom. The van der Waals surface area contributed by atoms with Gasteiger partial charge in [-0.15, -0.1) is 0 Å².